The van der Waals surface area contributed by atoms with Gasteiger partial charge in [0.2, 0.25) is 5.91 Å². The van der Waals surface area contributed by atoms with Gasteiger partial charge in [-0.3, -0.25) is 9.48 Å². The van der Waals surface area contributed by atoms with Crippen LogP contribution >= 0.6 is 0 Å². The summed E-state index contributed by atoms with van der Waals surface area (Å²) in [5.74, 6) is -0.0154. The van der Waals surface area contributed by atoms with Gasteiger partial charge < -0.3 is 15.5 Å². The maximum atomic E-state index is 12.4. The number of amides is 3. The lowest BCUT2D eigenvalue weighted by atomic mass is 10.1. The van der Waals surface area contributed by atoms with Crippen LogP contribution in [0.5, 0.6) is 0 Å². The number of carbonyl (C=O) groups excluding carboxylic acids is 2. The van der Waals surface area contributed by atoms with Crippen molar-refractivity contribution in [2.75, 3.05) is 18.4 Å². The standard InChI is InChI=1S/C18H23N5O2/c1-3-23-11-7-10-14(17(23)24)19-18(25)20-15-12-22(2)21-16(15)13-8-5-4-6-9-13/h4-6,8-9,12,14H,3,7,10-11H2,1-2H3,(H2,19,20,25). The molecule has 1 unspecified atom stereocenters. The zero-order valence-corrected chi connectivity index (χ0v) is 14.5. The second-order valence-corrected chi connectivity index (χ2v) is 6.14. The molecule has 132 valence electrons. The van der Waals surface area contributed by atoms with E-state index in [-0.39, 0.29) is 11.9 Å². The molecule has 2 heterocycles. The molecule has 1 saturated heterocycles. The minimum Gasteiger partial charge on any atom is -0.341 e. The molecule has 1 aliphatic heterocycles. The van der Waals surface area contributed by atoms with Crippen LogP contribution in [0.2, 0.25) is 0 Å². The van der Waals surface area contributed by atoms with Crippen LogP contribution in [0.25, 0.3) is 11.3 Å². The molecule has 1 aromatic heterocycles. The fourth-order valence-corrected chi connectivity index (χ4v) is 3.09. The summed E-state index contributed by atoms with van der Waals surface area (Å²) in [6.45, 7) is 3.37. The third kappa shape index (κ3) is 3.81. The van der Waals surface area contributed by atoms with Crippen LogP contribution in [0.4, 0.5) is 10.5 Å². The first-order chi connectivity index (χ1) is 12.1. The van der Waals surface area contributed by atoms with Crippen molar-refractivity contribution in [3.05, 3.63) is 36.5 Å². The van der Waals surface area contributed by atoms with Crippen molar-refractivity contribution in [2.24, 2.45) is 7.05 Å². The number of hydrogen-bond donors (Lipinski definition) is 2. The molecule has 1 fully saturated rings. The largest absolute Gasteiger partial charge is 0.341 e. The van der Waals surface area contributed by atoms with Crippen molar-refractivity contribution >= 4 is 17.6 Å². The summed E-state index contributed by atoms with van der Waals surface area (Å²) in [5, 5.41) is 10.0. The van der Waals surface area contributed by atoms with Gasteiger partial charge in [-0.1, -0.05) is 30.3 Å². The molecule has 2 aromatic rings. The summed E-state index contributed by atoms with van der Waals surface area (Å²) >= 11 is 0. The van der Waals surface area contributed by atoms with Crippen LogP contribution in [-0.2, 0) is 11.8 Å². The van der Waals surface area contributed by atoms with Gasteiger partial charge in [0.25, 0.3) is 0 Å². The smallest absolute Gasteiger partial charge is 0.319 e. The predicted molar refractivity (Wildman–Crippen MR) is 96.1 cm³/mol. The van der Waals surface area contributed by atoms with Gasteiger partial charge in [-0.25, -0.2) is 4.79 Å². The van der Waals surface area contributed by atoms with E-state index in [4.69, 9.17) is 0 Å². The van der Waals surface area contributed by atoms with E-state index in [0.717, 1.165) is 18.5 Å². The third-order valence-corrected chi connectivity index (χ3v) is 4.34. The number of carbonyl (C=O) groups is 2. The van der Waals surface area contributed by atoms with Gasteiger partial charge >= 0.3 is 6.03 Å². The molecule has 0 saturated carbocycles. The Bertz CT molecular complexity index is 756. The molecule has 25 heavy (non-hydrogen) atoms. The lowest BCUT2D eigenvalue weighted by Crippen LogP contribution is -2.52. The number of nitrogens with zero attached hydrogens (tertiary/aromatic N) is 3. The highest BCUT2D eigenvalue weighted by Crippen LogP contribution is 2.25. The van der Waals surface area contributed by atoms with E-state index in [9.17, 15) is 9.59 Å². The van der Waals surface area contributed by atoms with Crippen LogP contribution in [0.3, 0.4) is 0 Å². The van der Waals surface area contributed by atoms with Crippen LogP contribution in [0.1, 0.15) is 19.8 Å². The van der Waals surface area contributed by atoms with Gasteiger partial charge in [0.05, 0.1) is 5.69 Å². The predicted octanol–water partition coefficient (Wildman–Crippen LogP) is 2.22. The monoisotopic (exact) mass is 341 g/mol. The van der Waals surface area contributed by atoms with E-state index in [1.54, 1.807) is 22.8 Å². The van der Waals surface area contributed by atoms with Crippen LogP contribution < -0.4 is 10.6 Å². The molecule has 2 N–H and O–H groups in total. The van der Waals surface area contributed by atoms with Crippen molar-refractivity contribution in [1.29, 1.82) is 0 Å². The van der Waals surface area contributed by atoms with Crippen molar-refractivity contribution < 1.29 is 9.59 Å². The second kappa shape index (κ2) is 7.38. The van der Waals surface area contributed by atoms with Crippen LogP contribution in [0.15, 0.2) is 36.5 Å². The molecule has 0 bridgehead atoms. The summed E-state index contributed by atoms with van der Waals surface area (Å²) < 4.78 is 1.66. The first kappa shape index (κ1) is 17.0. The minimum atomic E-state index is -0.467. The van der Waals surface area contributed by atoms with Gasteiger partial charge in [-0.05, 0) is 19.8 Å². The normalized spacial score (nSPS) is 17.4. The van der Waals surface area contributed by atoms with Crippen LogP contribution in [-0.4, -0.2) is 45.8 Å². The molecule has 0 aliphatic carbocycles. The van der Waals surface area contributed by atoms with Gasteiger partial charge in [0.15, 0.2) is 0 Å². The highest BCUT2D eigenvalue weighted by atomic mass is 16.2. The molecular formula is C18H23N5O2. The molecule has 0 radical (unpaired) electrons. The minimum absolute atomic E-state index is 0.0154. The molecule has 7 heteroatoms. The summed E-state index contributed by atoms with van der Waals surface area (Å²) in [6.07, 6.45) is 3.32. The first-order valence-electron chi connectivity index (χ1n) is 8.54. The molecule has 1 aromatic carbocycles. The van der Waals surface area contributed by atoms with Gasteiger partial charge in [0.1, 0.15) is 11.7 Å². The Hall–Kier alpha value is -2.83. The molecule has 3 rings (SSSR count). The Balaban J connectivity index is 1.71. The topological polar surface area (TPSA) is 79.3 Å². The number of rotatable bonds is 4. The number of anilines is 1. The lowest BCUT2D eigenvalue weighted by molar-refractivity contribution is -0.135. The van der Waals surface area contributed by atoms with E-state index < -0.39 is 6.04 Å². The quantitative estimate of drug-likeness (QED) is 0.895. The number of nitrogens with one attached hydrogen (secondary N) is 2. The van der Waals surface area contributed by atoms with Crippen molar-refractivity contribution in [1.82, 2.24) is 20.0 Å². The number of likely N-dealkylation sites (tertiary alicyclic amines) is 1. The Labute approximate surface area is 147 Å². The number of likely N-dealkylation sites (N-methyl/N-ethyl adjacent to an activating group) is 1. The average Bonchev–Trinajstić information content (AvgIpc) is 2.97. The van der Waals surface area contributed by atoms with Crippen molar-refractivity contribution in [3.63, 3.8) is 0 Å². The number of aryl methyl sites for hydroxylation is 1. The van der Waals surface area contributed by atoms with Gasteiger partial charge in [-0.2, -0.15) is 5.10 Å². The molecule has 1 atom stereocenters. The maximum Gasteiger partial charge on any atom is 0.319 e. The van der Waals surface area contributed by atoms with E-state index in [1.807, 2.05) is 37.3 Å². The third-order valence-electron chi connectivity index (χ3n) is 4.34. The summed E-state index contributed by atoms with van der Waals surface area (Å²) in [7, 11) is 1.80. The summed E-state index contributed by atoms with van der Waals surface area (Å²) in [6, 6.07) is 8.80. The second-order valence-electron chi connectivity index (χ2n) is 6.14. The molecule has 1 aliphatic rings. The van der Waals surface area contributed by atoms with Crippen molar-refractivity contribution in [2.45, 2.75) is 25.8 Å². The van der Waals surface area contributed by atoms with Crippen LogP contribution in [0, 0.1) is 0 Å². The highest BCUT2D eigenvalue weighted by Gasteiger charge is 2.29. The van der Waals surface area contributed by atoms with E-state index >= 15 is 0 Å². The van der Waals surface area contributed by atoms with E-state index in [0.29, 0.717) is 24.3 Å². The number of benzene rings is 1. The fraction of sp³-hybridized carbons (Fsp3) is 0.389. The van der Waals surface area contributed by atoms with E-state index in [2.05, 4.69) is 15.7 Å². The van der Waals surface area contributed by atoms with Crippen molar-refractivity contribution in [3.8, 4) is 11.3 Å². The average molecular weight is 341 g/mol. The molecule has 3 amide bonds. The number of hydrogen-bond acceptors (Lipinski definition) is 3. The lowest BCUT2D eigenvalue weighted by Gasteiger charge is -2.31. The Morgan fingerprint density at radius 2 is 2.08 bits per heavy atom. The zero-order valence-electron chi connectivity index (χ0n) is 14.5. The molecule has 7 nitrogen and oxygen atoms in total. The Kier molecular flexibility index (Phi) is 5.02. The Morgan fingerprint density at radius 3 is 2.80 bits per heavy atom. The van der Waals surface area contributed by atoms with Gasteiger partial charge in [-0.15, -0.1) is 0 Å². The highest BCUT2D eigenvalue weighted by molar-refractivity contribution is 5.96. The van der Waals surface area contributed by atoms with Gasteiger partial charge in [0, 0.05) is 31.9 Å². The number of aromatic nitrogens is 2. The fourth-order valence-electron chi connectivity index (χ4n) is 3.09. The Morgan fingerprint density at radius 1 is 1.32 bits per heavy atom. The molecular weight excluding hydrogens is 318 g/mol. The van der Waals surface area contributed by atoms with E-state index in [1.165, 1.54) is 0 Å². The number of piperidine rings is 1. The summed E-state index contributed by atoms with van der Waals surface area (Å²) in [5.41, 5.74) is 2.23. The number of urea groups is 1. The SMILES string of the molecule is CCN1CCCC(NC(=O)Nc2cn(C)nc2-c2ccccc2)C1=O. The molecule has 0 spiro atoms. The summed E-state index contributed by atoms with van der Waals surface area (Å²) in [4.78, 5) is 26.5. The first-order valence-corrected chi connectivity index (χ1v) is 8.54. The zero-order chi connectivity index (χ0) is 17.8. The maximum absolute atomic E-state index is 12.4.